The number of allylic oxidation sites excluding steroid dienone is 3. The fraction of sp³-hybridized carbons (Fsp3) is 0.333. The molecule has 1 heterocycles. The summed E-state index contributed by atoms with van der Waals surface area (Å²) in [6, 6.07) is 5.53. The second-order valence-electron chi connectivity index (χ2n) is 4.79. The van der Waals surface area contributed by atoms with Crippen molar-refractivity contribution in [2.75, 3.05) is 0 Å². The highest BCUT2D eigenvalue weighted by atomic mass is 16.5. The van der Waals surface area contributed by atoms with Crippen LogP contribution >= 0.6 is 0 Å². The Morgan fingerprint density at radius 3 is 2.65 bits per heavy atom. The molecule has 1 aliphatic heterocycles. The van der Waals surface area contributed by atoms with Gasteiger partial charge in [-0.05, 0) is 55.0 Å². The number of ether oxygens (including phenoxy) is 1. The van der Waals surface area contributed by atoms with Gasteiger partial charge in [-0.3, -0.25) is 0 Å². The fourth-order valence-electron chi connectivity index (χ4n) is 2.20. The maximum absolute atomic E-state index is 9.57. The molecule has 1 aromatic carbocycles. The molecule has 1 aliphatic carbocycles. The number of hydrogen-bond donors (Lipinski definition) is 1. The van der Waals surface area contributed by atoms with Gasteiger partial charge in [0.2, 0.25) is 0 Å². The molecular formula is C18H22O2. The van der Waals surface area contributed by atoms with Crippen LogP contribution in [0, 0.1) is 0 Å². The highest BCUT2D eigenvalue weighted by molar-refractivity contribution is 5.72. The molecule has 2 aliphatic rings. The van der Waals surface area contributed by atoms with Crippen molar-refractivity contribution in [3.8, 4) is 5.75 Å². The molecule has 2 heteroatoms. The normalized spacial score (nSPS) is 18.3. The topological polar surface area (TPSA) is 29.5 Å². The van der Waals surface area contributed by atoms with Gasteiger partial charge in [-0.15, -0.1) is 6.58 Å². The summed E-state index contributed by atoms with van der Waals surface area (Å²) >= 11 is 0. The highest BCUT2D eigenvalue weighted by Crippen LogP contribution is 2.46. The van der Waals surface area contributed by atoms with Crippen molar-refractivity contribution in [1.82, 2.24) is 0 Å². The number of phenols is 1. The van der Waals surface area contributed by atoms with E-state index < -0.39 is 0 Å². The van der Waals surface area contributed by atoms with Gasteiger partial charge in [-0.2, -0.15) is 0 Å². The van der Waals surface area contributed by atoms with Crippen LogP contribution in [-0.2, 0) is 4.74 Å². The van der Waals surface area contributed by atoms with Gasteiger partial charge in [0.15, 0.2) is 0 Å². The highest BCUT2D eigenvalue weighted by Gasteiger charge is 2.29. The van der Waals surface area contributed by atoms with Gasteiger partial charge < -0.3 is 9.84 Å². The predicted molar refractivity (Wildman–Crippen MR) is 83.4 cm³/mol. The Hall–Kier alpha value is -1.96. The maximum atomic E-state index is 9.57. The molecule has 0 saturated heterocycles. The Balaban J connectivity index is 0.000000704. The third-order valence-corrected chi connectivity index (χ3v) is 3.30. The van der Waals surface area contributed by atoms with Gasteiger partial charge in [0.25, 0.3) is 0 Å². The lowest BCUT2D eigenvalue weighted by molar-refractivity contribution is 0.360. The van der Waals surface area contributed by atoms with Crippen LogP contribution in [-0.4, -0.2) is 5.11 Å². The van der Waals surface area contributed by atoms with Crippen LogP contribution in [0.1, 0.15) is 50.2 Å². The van der Waals surface area contributed by atoms with E-state index in [1.165, 1.54) is 18.4 Å². The van der Waals surface area contributed by atoms with Crippen LogP contribution < -0.4 is 0 Å². The zero-order valence-corrected chi connectivity index (χ0v) is 12.2. The first-order chi connectivity index (χ1) is 9.78. The van der Waals surface area contributed by atoms with Crippen molar-refractivity contribution < 1.29 is 9.84 Å². The summed E-state index contributed by atoms with van der Waals surface area (Å²) in [6.45, 7) is 7.67. The van der Waals surface area contributed by atoms with E-state index in [-0.39, 0.29) is 0 Å². The quantitative estimate of drug-likeness (QED) is 0.769. The molecule has 0 unspecified atom stereocenters. The van der Waals surface area contributed by atoms with E-state index in [9.17, 15) is 5.11 Å². The molecule has 20 heavy (non-hydrogen) atoms. The molecule has 1 aromatic rings. The van der Waals surface area contributed by atoms with Crippen molar-refractivity contribution in [2.24, 2.45) is 0 Å². The van der Waals surface area contributed by atoms with Crippen LogP contribution in [0.2, 0.25) is 0 Å². The zero-order chi connectivity index (χ0) is 14.5. The molecular weight excluding hydrogens is 248 g/mol. The van der Waals surface area contributed by atoms with E-state index in [2.05, 4.69) is 6.58 Å². The average molecular weight is 270 g/mol. The summed E-state index contributed by atoms with van der Waals surface area (Å²) in [6.07, 6.45) is 9.14. The number of benzene rings is 1. The largest absolute Gasteiger partial charge is 0.508 e. The standard InChI is InChI=1S/C16H16O2.C2H6/c1-2-3-4-13-10-16(18-13)14-8-7-12(17)9-15(14)11-5-6-11;1-2/h2,4,7-11,17H,1,3,5-6H2;1-2H3/b13-4-;. The second kappa shape index (κ2) is 6.47. The molecule has 2 nitrogen and oxygen atoms in total. The first kappa shape index (κ1) is 14.4. The van der Waals surface area contributed by atoms with E-state index in [0.717, 1.165) is 23.5 Å². The van der Waals surface area contributed by atoms with Gasteiger partial charge in [0, 0.05) is 11.6 Å². The molecule has 0 atom stereocenters. The van der Waals surface area contributed by atoms with Crippen molar-refractivity contribution >= 4 is 5.76 Å². The van der Waals surface area contributed by atoms with Crippen molar-refractivity contribution in [2.45, 2.75) is 39.0 Å². The molecule has 0 spiro atoms. The van der Waals surface area contributed by atoms with E-state index in [4.69, 9.17) is 4.74 Å². The van der Waals surface area contributed by atoms with E-state index >= 15 is 0 Å². The molecule has 1 N–H and O–H groups in total. The van der Waals surface area contributed by atoms with Gasteiger partial charge in [-0.25, -0.2) is 0 Å². The summed E-state index contributed by atoms with van der Waals surface area (Å²) in [5.41, 5.74) is 2.33. The minimum atomic E-state index is 0.336. The van der Waals surface area contributed by atoms with Crippen LogP contribution in [0.4, 0.5) is 0 Å². The lowest BCUT2D eigenvalue weighted by Gasteiger charge is -2.22. The predicted octanol–water partition coefficient (Wildman–Crippen LogP) is 5.13. The fourth-order valence-corrected chi connectivity index (χ4v) is 2.20. The molecule has 0 amide bonds. The first-order valence-corrected chi connectivity index (χ1v) is 7.32. The Morgan fingerprint density at radius 1 is 1.35 bits per heavy atom. The molecule has 1 saturated carbocycles. The number of aromatic hydroxyl groups is 1. The minimum Gasteiger partial charge on any atom is -0.508 e. The number of hydrogen-bond acceptors (Lipinski definition) is 2. The minimum absolute atomic E-state index is 0.336. The van der Waals surface area contributed by atoms with Crippen molar-refractivity contribution in [3.05, 3.63) is 59.9 Å². The smallest absolute Gasteiger partial charge is 0.138 e. The third-order valence-electron chi connectivity index (χ3n) is 3.30. The number of phenolic OH excluding ortho intramolecular Hbond substituents is 1. The Morgan fingerprint density at radius 2 is 2.05 bits per heavy atom. The zero-order valence-electron chi connectivity index (χ0n) is 12.2. The van der Waals surface area contributed by atoms with Crippen LogP contribution in [0.25, 0.3) is 5.76 Å². The van der Waals surface area contributed by atoms with Gasteiger partial charge in [0.1, 0.15) is 17.3 Å². The van der Waals surface area contributed by atoms with Crippen molar-refractivity contribution in [3.63, 3.8) is 0 Å². The molecule has 0 bridgehead atoms. The third kappa shape index (κ3) is 3.13. The van der Waals surface area contributed by atoms with E-state index in [1.54, 1.807) is 6.07 Å². The van der Waals surface area contributed by atoms with Gasteiger partial charge in [0.05, 0.1) is 0 Å². The average Bonchev–Trinajstić information content (AvgIpc) is 3.25. The number of rotatable bonds is 4. The van der Waals surface area contributed by atoms with Crippen LogP contribution in [0.3, 0.4) is 0 Å². The molecule has 106 valence electrons. The van der Waals surface area contributed by atoms with E-state index in [1.807, 2.05) is 44.2 Å². The molecule has 0 aromatic heterocycles. The van der Waals surface area contributed by atoms with Crippen LogP contribution in [0.15, 0.2) is 48.8 Å². The van der Waals surface area contributed by atoms with Crippen LogP contribution in [0.5, 0.6) is 5.75 Å². The van der Waals surface area contributed by atoms with Gasteiger partial charge >= 0.3 is 0 Å². The summed E-state index contributed by atoms with van der Waals surface area (Å²) < 4.78 is 5.68. The lowest BCUT2D eigenvalue weighted by Crippen LogP contribution is -2.04. The lowest BCUT2D eigenvalue weighted by atomic mass is 9.99. The molecule has 0 radical (unpaired) electrons. The monoisotopic (exact) mass is 270 g/mol. The Bertz CT molecular complexity index is 549. The Kier molecular flexibility index (Phi) is 4.67. The summed E-state index contributed by atoms with van der Waals surface area (Å²) in [4.78, 5) is 0. The van der Waals surface area contributed by atoms with Gasteiger partial charge in [-0.1, -0.05) is 19.9 Å². The maximum Gasteiger partial charge on any atom is 0.138 e. The molecule has 3 rings (SSSR count). The first-order valence-electron chi connectivity index (χ1n) is 7.32. The Labute approximate surface area is 121 Å². The molecule has 1 fully saturated rings. The van der Waals surface area contributed by atoms with Crippen molar-refractivity contribution in [1.29, 1.82) is 0 Å². The summed E-state index contributed by atoms with van der Waals surface area (Å²) in [5, 5.41) is 9.57. The summed E-state index contributed by atoms with van der Waals surface area (Å²) in [7, 11) is 0. The SMILES string of the molecule is C=CC/C=C1/C=C(c2ccc(O)cc2C2CC2)O1.CC. The van der Waals surface area contributed by atoms with E-state index in [0.29, 0.717) is 11.7 Å². The summed E-state index contributed by atoms with van der Waals surface area (Å²) in [5.74, 6) is 2.74. The second-order valence-corrected chi connectivity index (χ2v) is 4.79.